The van der Waals surface area contributed by atoms with Crippen LogP contribution >= 0.6 is 23.2 Å². The van der Waals surface area contributed by atoms with Gasteiger partial charge in [0.15, 0.2) is 0 Å². The smallest absolute Gasteiger partial charge is 0.326 e. The zero-order chi connectivity index (χ0) is 33.3. The monoisotopic (exact) mass is 678 g/mol. The summed E-state index contributed by atoms with van der Waals surface area (Å²) in [6.07, 6.45) is 1.09. The zero-order valence-corrected chi connectivity index (χ0v) is 28.6. The first-order chi connectivity index (χ1) is 22.6. The van der Waals surface area contributed by atoms with Gasteiger partial charge in [-0.15, -0.1) is 0 Å². The second-order valence-electron chi connectivity index (χ2n) is 12.5. The van der Waals surface area contributed by atoms with E-state index in [1.807, 2.05) is 92.4 Å². The van der Waals surface area contributed by atoms with Crippen LogP contribution in [-0.2, 0) is 15.1 Å². The molecule has 47 heavy (non-hydrogen) atoms. The first kappa shape index (κ1) is 33.1. The van der Waals surface area contributed by atoms with Crippen LogP contribution in [0.5, 0.6) is 11.5 Å². The average Bonchev–Trinajstić information content (AvgIpc) is 3.72. The van der Waals surface area contributed by atoms with Crippen LogP contribution in [0.1, 0.15) is 56.3 Å². The molecule has 0 aliphatic carbocycles. The fourth-order valence-corrected chi connectivity index (χ4v) is 6.89. The molecule has 3 aromatic carbocycles. The molecule has 3 amide bonds. The first-order valence-corrected chi connectivity index (χ1v) is 16.8. The predicted octanol–water partition coefficient (Wildman–Crippen LogP) is 6.95. The number of hydrogen-bond donors (Lipinski definition) is 0. The maximum Gasteiger partial charge on any atom is 0.326 e. The molecule has 3 aliphatic heterocycles. The maximum absolute atomic E-state index is 14.9. The number of hydrogen-bond acceptors (Lipinski definition) is 6. The summed E-state index contributed by atoms with van der Waals surface area (Å²) >= 11 is 12.7. The van der Waals surface area contributed by atoms with Gasteiger partial charge in [-0.3, -0.25) is 14.7 Å². The Morgan fingerprint density at radius 2 is 1.57 bits per heavy atom. The van der Waals surface area contributed by atoms with Gasteiger partial charge in [-0.05, 0) is 81.1 Å². The lowest BCUT2D eigenvalue weighted by molar-refractivity contribution is -0.142. The van der Waals surface area contributed by atoms with Gasteiger partial charge >= 0.3 is 6.03 Å². The Kier molecular flexibility index (Phi) is 9.69. The number of ether oxygens (including phenoxy) is 3. The summed E-state index contributed by atoms with van der Waals surface area (Å²) in [5.74, 6) is 1.66. The van der Waals surface area contributed by atoms with Crippen LogP contribution in [0, 0.1) is 0 Å². The van der Waals surface area contributed by atoms with Crippen LogP contribution in [0.3, 0.4) is 0 Å². The molecule has 2 fully saturated rings. The van der Waals surface area contributed by atoms with Crippen LogP contribution in [0.2, 0.25) is 10.0 Å². The Hall–Kier alpha value is -3.79. The van der Waals surface area contributed by atoms with E-state index in [0.717, 1.165) is 24.0 Å². The van der Waals surface area contributed by atoms with E-state index in [1.54, 1.807) is 16.9 Å². The predicted molar refractivity (Wildman–Crippen MR) is 183 cm³/mol. The summed E-state index contributed by atoms with van der Waals surface area (Å²) in [6.45, 7) is 8.16. The molecule has 0 bridgehead atoms. The quantitative estimate of drug-likeness (QED) is 0.270. The Bertz CT molecular complexity index is 1630. The van der Waals surface area contributed by atoms with Gasteiger partial charge in [-0.1, -0.05) is 47.5 Å². The van der Waals surface area contributed by atoms with Gasteiger partial charge in [0.1, 0.15) is 29.0 Å². The van der Waals surface area contributed by atoms with Gasteiger partial charge in [-0.25, -0.2) is 4.79 Å². The number of carbonyl (C=O) groups is 2. The normalized spacial score (nSPS) is 22.9. The van der Waals surface area contributed by atoms with Crippen LogP contribution < -0.4 is 9.47 Å². The number of methoxy groups -OCH3 is 1. The minimum absolute atomic E-state index is 0.00101. The van der Waals surface area contributed by atoms with Crippen molar-refractivity contribution in [3.05, 3.63) is 93.5 Å². The molecular formula is C36H40Cl2N4O5. The molecule has 0 N–H and O–H groups in total. The third-order valence-electron chi connectivity index (χ3n) is 9.04. The van der Waals surface area contributed by atoms with Gasteiger partial charge in [-0.2, -0.15) is 0 Å². The second kappa shape index (κ2) is 13.7. The number of carbonyl (C=O) groups excluding carboxylic acids is 2. The number of amides is 3. The highest BCUT2D eigenvalue weighted by Gasteiger charge is 2.52. The van der Waals surface area contributed by atoms with Crippen LogP contribution in [0.15, 0.2) is 71.7 Å². The number of aliphatic imine (C=N–C) groups is 1. The highest BCUT2D eigenvalue weighted by atomic mass is 35.5. The zero-order valence-electron chi connectivity index (χ0n) is 27.1. The Labute approximate surface area is 286 Å². The van der Waals surface area contributed by atoms with Crippen LogP contribution in [0.4, 0.5) is 4.79 Å². The van der Waals surface area contributed by atoms with Crippen molar-refractivity contribution in [2.24, 2.45) is 4.99 Å². The van der Waals surface area contributed by atoms with E-state index in [4.69, 9.17) is 42.4 Å². The molecule has 3 aromatic rings. The number of halogens is 2. The summed E-state index contributed by atoms with van der Waals surface area (Å²) < 4.78 is 17.5. The van der Waals surface area contributed by atoms with Crippen molar-refractivity contribution < 1.29 is 23.8 Å². The lowest BCUT2D eigenvalue weighted by Crippen LogP contribution is -2.56. The van der Waals surface area contributed by atoms with Crippen molar-refractivity contribution in [2.75, 3.05) is 39.9 Å². The van der Waals surface area contributed by atoms with E-state index < -0.39 is 17.7 Å². The lowest BCUT2D eigenvalue weighted by Gasteiger charge is -2.41. The summed E-state index contributed by atoms with van der Waals surface area (Å²) in [5, 5.41) is 1.20. The van der Waals surface area contributed by atoms with E-state index in [0.29, 0.717) is 65.7 Å². The van der Waals surface area contributed by atoms with E-state index in [2.05, 4.69) is 0 Å². The molecule has 0 saturated carbocycles. The highest BCUT2D eigenvalue weighted by Crippen LogP contribution is 2.50. The fourth-order valence-electron chi connectivity index (χ4n) is 6.64. The molecule has 11 heteroatoms. The van der Waals surface area contributed by atoms with Crippen molar-refractivity contribution in [1.29, 1.82) is 0 Å². The Morgan fingerprint density at radius 1 is 0.936 bits per heavy atom. The van der Waals surface area contributed by atoms with Crippen molar-refractivity contribution in [2.45, 2.75) is 57.4 Å². The van der Waals surface area contributed by atoms with Gasteiger partial charge in [0, 0.05) is 48.9 Å². The molecule has 3 heterocycles. The van der Waals surface area contributed by atoms with Gasteiger partial charge in [0.2, 0.25) is 0 Å². The minimum Gasteiger partial charge on any atom is -0.497 e. The first-order valence-electron chi connectivity index (χ1n) is 16.0. The summed E-state index contributed by atoms with van der Waals surface area (Å²) in [6, 6.07) is 19.9. The summed E-state index contributed by atoms with van der Waals surface area (Å²) in [4.78, 5) is 38.8. The summed E-state index contributed by atoms with van der Waals surface area (Å²) in [7, 11) is 1.61. The molecule has 3 unspecified atom stereocenters. The van der Waals surface area contributed by atoms with Crippen molar-refractivity contribution in [3.8, 4) is 11.5 Å². The Morgan fingerprint density at radius 3 is 2.17 bits per heavy atom. The van der Waals surface area contributed by atoms with Crippen molar-refractivity contribution in [3.63, 3.8) is 0 Å². The molecule has 9 nitrogen and oxygen atoms in total. The number of piperazine rings is 1. The number of benzene rings is 3. The third-order valence-corrected chi connectivity index (χ3v) is 9.54. The number of urea groups is 1. The van der Waals surface area contributed by atoms with Crippen molar-refractivity contribution in [1.82, 2.24) is 14.7 Å². The van der Waals surface area contributed by atoms with Crippen LogP contribution in [-0.4, -0.2) is 84.6 Å². The number of rotatable bonds is 7. The molecule has 3 atom stereocenters. The third kappa shape index (κ3) is 6.66. The minimum atomic E-state index is -0.921. The van der Waals surface area contributed by atoms with Crippen molar-refractivity contribution >= 4 is 41.0 Å². The maximum atomic E-state index is 14.9. The van der Waals surface area contributed by atoms with Gasteiger partial charge in [0.05, 0.1) is 24.8 Å². The van der Waals surface area contributed by atoms with E-state index in [-0.39, 0.29) is 18.0 Å². The number of nitrogens with zero attached hydrogens (tertiary/aromatic N) is 4. The molecule has 0 spiro atoms. The highest BCUT2D eigenvalue weighted by molar-refractivity contribution is 6.30. The largest absolute Gasteiger partial charge is 0.497 e. The lowest BCUT2D eigenvalue weighted by atomic mass is 9.81. The molecule has 3 aliphatic rings. The van der Waals surface area contributed by atoms with E-state index in [9.17, 15) is 9.59 Å². The average molecular weight is 680 g/mol. The number of amidine groups is 1. The van der Waals surface area contributed by atoms with Crippen LogP contribution in [0.25, 0.3) is 0 Å². The topological polar surface area (TPSA) is 83.9 Å². The molecule has 0 aromatic heterocycles. The second-order valence-corrected chi connectivity index (χ2v) is 13.4. The van der Waals surface area contributed by atoms with E-state index in [1.165, 1.54) is 0 Å². The molecule has 248 valence electrons. The molecular weight excluding hydrogens is 639 g/mol. The van der Waals surface area contributed by atoms with E-state index >= 15 is 0 Å². The molecule has 6 rings (SSSR count). The fraction of sp³-hybridized carbons (Fsp3) is 0.417. The van der Waals surface area contributed by atoms with Gasteiger partial charge in [0.25, 0.3) is 5.91 Å². The Balaban J connectivity index is 1.45. The molecule has 0 radical (unpaired) electrons. The summed E-state index contributed by atoms with van der Waals surface area (Å²) in [5.41, 5.74) is 1.50. The SMILES string of the molecule is COc1ccc(C2=NC(C)(c3ccc(Cl)cc3)C(c3ccc(Cl)cc3)N2C(=O)N2CCN(C(=O)C3CCCO3)CC2)c(OC(C)C)c1. The molecule has 2 saturated heterocycles. The standard InChI is InChI=1S/C36H40Cl2N4O5/c1-23(2)47-31-22-28(45-4)15-16-29(31)33-39-36(3,25-9-13-27(38)14-10-25)32(24-7-11-26(37)12-8-24)42(33)35(44)41-19-17-40(18-20-41)34(43)30-6-5-21-46-30/h7-16,22-23,30,32H,5-6,17-21H2,1-4H3. The van der Waals surface area contributed by atoms with Gasteiger partial charge < -0.3 is 24.0 Å².